The van der Waals surface area contributed by atoms with E-state index in [0.29, 0.717) is 0 Å². The Balaban J connectivity index is 2.29. The van der Waals surface area contributed by atoms with Gasteiger partial charge >= 0.3 is 0 Å². The summed E-state index contributed by atoms with van der Waals surface area (Å²) in [5, 5.41) is 10.5. The summed E-state index contributed by atoms with van der Waals surface area (Å²) in [6.45, 7) is 0.289. The van der Waals surface area contributed by atoms with Gasteiger partial charge in [0.05, 0.1) is 39.3 Å². The topological polar surface area (TPSA) is 47.9 Å². The second-order valence-corrected chi connectivity index (χ2v) is 4.94. The van der Waals surface area contributed by atoms with Crippen LogP contribution in [0, 0.1) is 6.92 Å². The highest BCUT2D eigenvalue weighted by atomic mass is 16.5. The summed E-state index contributed by atoms with van der Waals surface area (Å²) in [4.78, 5) is 0. The smallest absolute Gasteiger partial charge is 0.160 e. The molecule has 2 aromatic carbocycles. The van der Waals surface area contributed by atoms with Crippen molar-refractivity contribution in [1.29, 1.82) is 0 Å². The molecule has 0 amide bonds. The average Bonchev–Trinajstić information content (AvgIpc) is 2.82. The standard InChI is InChI=1S/C21H28O4/c1-16-7-6-10-19(13-16)25-15-18(22)9-5-4-8-17-11-12-20(23-2)21(14-17)24-3/h6-7,10-14,18,22H,4-5,8-9,15H2,1-3H3/i2D3,3D3,6D,7D,9D2,10D,11D,12D,13D,14D,18D. The van der Waals surface area contributed by atoms with E-state index in [1.165, 1.54) is 6.92 Å². The quantitative estimate of drug-likeness (QED) is 0.691. The van der Waals surface area contributed by atoms with E-state index in [9.17, 15) is 5.11 Å². The van der Waals surface area contributed by atoms with Crippen molar-refractivity contribution >= 4 is 0 Å². The lowest BCUT2D eigenvalue weighted by molar-refractivity contribution is 0.0976. The number of methoxy groups -OCH3 is 2. The lowest BCUT2D eigenvalue weighted by Crippen LogP contribution is -2.17. The van der Waals surface area contributed by atoms with E-state index in [4.69, 9.17) is 31.4 Å². The van der Waals surface area contributed by atoms with Crippen molar-refractivity contribution in [3.63, 3.8) is 0 Å². The predicted octanol–water partition coefficient (Wildman–Crippen LogP) is 4.16. The van der Waals surface area contributed by atoms with Gasteiger partial charge in [-0.3, -0.25) is 0 Å². The van der Waals surface area contributed by atoms with Gasteiger partial charge in [-0.2, -0.15) is 0 Å². The van der Waals surface area contributed by atoms with E-state index in [0.717, 1.165) is 0 Å². The van der Waals surface area contributed by atoms with Crippen molar-refractivity contribution in [3.05, 3.63) is 53.4 Å². The SMILES string of the molecule is [2H]c1c([2H])c(C)c([2H])c(OCC([2H])(O)C([2H])([2H])CCCc2c([2H])c([2H])c(OC([2H])([2H])[2H])c(OC([2H])([2H])[2H])c2[2H])c1[2H]. The zero-order valence-electron chi connectivity index (χ0n) is 29.5. The number of hydrogen-bond acceptors (Lipinski definition) is 4. The van der Waals surface area contributed by atoms with Crippen molar-refractivity contribution < 1.29 is 41.2 Å². The number of ether oxygens (including phenoxy) is 3. The maximum Gasteiger partial charge on any atom is 0.160 e. The first kappa shape index (κ1) is 6.84. The molecule has 0 saturated heterocycles. The Morgan fingerprint density at radius 3 is 2.84 bits per heavy atom. The molecule has 0 aliphatic heterocycles. The highest BCUT2D eigenvalue weighted by Crippen LogP contribution is 2.28. The minimum atomic E-state index is -3.17. The minimum Gasteiger partial charge on any atom is -0.493 e. The lowest BCUT2D eigenvalue weighted by atomic mass is 10.0. The molecular formula is C21H28O4. The first-order chi connectivity index (χ1) is 18.4. The third-order valence-electron chi connectivity index (χ3n) is 3.01. The largest absolute Gasteiger partial charge is 0.493 e. The molecule has 0 saturated carbocycles. The molecule has 0 bridgehead atoms. The molecule has 0 heterocycles. The van der Waals surface area contributed by atoms with E-state index in [-0.39, 0.29) is 30.0 Å². The summed E-state index contributed by atoms with van der Waals surface area (Å²) < 4.78 is 139. The highest BCUT2D eigenvalue weighted by Gasteiger charge is 2.07. The summed E-state index contributed by atoms with van der Waals surface area (Å²) in [7, 11) is -6.33. The molecule has 136 valence electrons. The van der Waals surface area contributed by atoms with E-state index in [1.807, 2.05) is 0 Å². The molecular weight excluding hydrogens is 316 g/mol. The van der Waals surface area contributed by atoms with Crippen LogP contribution in [0.1, 0.15) is 52.3 Å². The van der Waals surface area contributed by atoms with E-state index < -0.39 is 93.1 Å². The maximum atomic E-state index is 10.5. The van der Waals surface area contributed by atoms with Gasteiger partial charge < -0.3 is 19.3 Å². The summed E-state index contributed by atoms with van der Waals surface area (Å²) in [6, 6.07) is -4.31. The van der Waals surface area contributed by atoms with Crippen molar-refractivity contribution in [2.24, 2.45) is 0 Å². The molecule has 0 aliphatic carbocycles. The molecule has 0 aliphatic rings. The van der Waals surface area contributed by atoms with Crippen LogP contribution in [0.3, 0.4) is 0 Å². The van der Waals surface area contributed by atoms with Crippen LogP contribution in [0.25, 0.3) is 0 Å². The Morgan fingerprint density at radius 2 is 2.00 bits per heavy atom. The first-order valence-electron chi connectivity index (χ1n) is 15.3. The lowest BCUT2D eigenvalue weighted by Gasteiger charge is -2.13. The molecule has 0 fully saturated rings. The van der Waals surface area contributed by atoms with Gasteiger partial charge in [0.15, 0.2) is 11.5 Å². The third kappa shape index (κ3) is 6.31. The minimum absolute atomic E-state index is 0.0146. The molecule has 2 rings (SSSR count). The van der Waals surface area contributed by atoms with Crippen LogP contribution < -0.4 is 14.2 Å². The van der Waals surface area contributed by atoms with Gasteiger partial charge in [0.1, 0.15) is 12.4 Å². The molecule has 1 atom stereocenters. The molecule has 4 nitrogen and oxygen atoms in total. The second-order valence-electron chi connectivity index (χ2n) is 4.94. The van der Waals surface area contributed by atoms with Crippen molar-refractivity contribution in [2.45, 2.75) is 38.6 Å². The van der Waals surface area contributed by atoms with Gasteiger partial charge in [0, 0.05) is 2.74 Å². The fraction of sp³-hybridized carbons (Fsp3) is 0.429. The molecule has 0 aromatic heterocycles. The van der Waals surface area contributed by atoms with Crippen LogP contribution in [0.15, 0.2) is 42.3 Å². The number of benzene rings is 2. The van der Waals surface area contributed by atoms with Crippen molar-refractivity contribution in [3.8, 4) is 17.2 Å². The van der Waals surface area contributed by atoms with Gasteiger partial charge in [-0.15, -0.1) is 0 Å². The normalized spacial score (nSPS) is 23.9. The third-order valence-corrected chi connectivity index (χ3v) is 3.01. The van der Waals surface area contributed by atoms with Gasteiger partial charge in [-0.25, -0.2) is 0 Å². The molecule has 0 spiro atoms. The van der Waals surface area contributed by atoms with Crippen LogP contribution in [0.4, 0.5) is 0 Å². The Bertz CT molecular complexity index is 1260. The molecule has 1 N–H and O–H groups in total. The number of rotatable bonds is 10. The Labute approximate surface area is 172 Å². The molecule has 25 heavy (non-hydrogen) atoms. The summed E-state index contributed by atoms with van der Waals surface area (Å²) in [5.74, 6) is -2.36. The van der Waals surface area contributed by atoms with Crippen LogP contribution >= 0.6 is 0 Å². The molecule has 4 heteroatoms. The Hall–Kier alpha value is -2.20. The van der Waals surface area contributed by atoms with E-state index in [2.05, 4.69) is 4.74 Å². The second kappa shape index (κ2) is 9.94. The Kier molecular flexibility index (Phi) is 2.72. The number of aliphatic hydroxyl groups is 1. The fourth-order valence-electron chi connectivity index (χ4n) is 1.86. The van der Waals surface area contributed by atoms with Crippen LogP contribution in [-0.2, 0) is 6.42 Å². The van der Waals surface area contributed by atoms with Gasteiger partial charge in [0.2, 0.25) is 0 Å². The highest BCUT2D eigenvalue weighted by molar-refractivity contribution is 5.42. The monoisotopic (exact) mass is 360 g/mol. The predicted molar refractivity (Wildman–Crippen MR) is 99.8 cm³/mol. The van der Waals surface area contributed by atoms with E-state index >= 15 is 0 Å². The summed E-state index contributed by atoms with van der Waals surface area (Å²) in [6.07, 6.45) is -6.85. The average molecular weight is 361 g/mol. The molecule has 2 aromatic rings. The zero-order valence-corrected chi connectivity index (χ0v) is 13.5. The van der Waals surface area contributed by atoms with E-state index in [1.54, 1.807) is 0 Å². The van der Waals surface area contributed by atoms with Crippen molar-refractivity contribution in [1.82, 2.24) is 0 Å². The van der Waals surface area contributed by atoms with Gasteiger partial charge in [-0.05, 0) is 61.4 Å². The summed E-state index contributed by atoms with van der Waals surface area (Å²) in [5.41, 5.74) is -0.278. The summed E-state index contributed by atoms with van der Waals surface area (Å²) >= 11 is 0. The van der Waals surface area contributed by atoms with Crippen molar-refractivity contribution in [2.75, 3.05) is 20.7 Å². The number of hydrogen-bond donors (Lipinski definition) is 1. The maximum absolute atomic E-state index is 10.5. The van der Waals surface area contributed by atoms with Gasteiger partial charge in [-0.1, -0.05) is 24.5 Å². The fourth-order valence-corrected chi connectivity index (χ4v) is 1.86. The molecule has 1 unspecified atom stereocenters. The van der Waals surface area contributed by atoms with Crippen LogP contribution in [0.2, 0.25) is 0 Å². The van der Waals surface area contributed by atoms with Crippen LogP contribution in [-0.4, -0.2) is 31.9 Å². The zero-order chi connectivity index (χ0) is 31.9. The molecule has 0 radical (unpaired) electrons. The Morgan fingerprint density at radius 1 is 1.16 bits per heavy atom. The van der Waals surface area contributed by atoms with Gasteiger partial charge in [0.25, 0.3) is 0 Å². The van der Waals surface area contributed by atoms with Crippen LogP contribution in [0.5, 0.6) is 17.2 Å². The first-order valence-corrected chi connectivity index (χ1v) is 7.34.